The molecule has 2 aromatic rings. The van der Waals surface area contributed by atoms with E-state index in [2.05, 4.69) is 15.9 Å². The molecule has 0 saturated carbocycles. The highest BCUT2D eigenvalue weighted by molar-refractivity contribution is 9.10. The van der Waals surface area contributed by atoms with Crippen LogP contribution < -0.4 is 5.73 Å². The van der Waals surface area contributed by atoms with Gasteiger partial charge in [0.25, 0.3) is 5.91 Å². The third-order valence-electron chi connectivity index (χ3n) is 5.09. The predicted octanol–water partition coefficient (Wildman–Crippen LogP) is 2.54. The Morgan fingerprint density at radius 3 is 3.00 bits per heavy atom. The third-order valence-corrected chi connectivity index (χ3v) is 5.59. The monoisotopic (exact) mass is 388 g/mol. The van der Waals surface area contributed by atoms with E-state index >= 15 is 0 Å². The lowest BCUT2D eigenvalue weighted by molar-refractivity contribution is 0.0780. The topological polar surface area (TPSA) is 64.2 Å². The Balaban J connectivity index is 1.70. The van der Waals surface area contributed by atoms with Gasteiger partial charge < -0.3 is 10.6 Å². The zero-order valence-electron chi connectivity index (χ0n) is 13.5. The molecular formula is C18H21BrN4O. The van der Waals surface area contributed by atoms with Crippen LogP contribution in [0.2, 0.25) is 0 Å². The molecule has 1 unspecified atom stereocenters. The average Bonchev–Trinajstić information content (AvgIpc) is 3.30. The minimum absolute atomic E-state index is 0.0675. The first-order valence-corrected chi connectivity index (χ1v) is 9.32. The van der Waals surface area contributed by atoms with E-state index in [0.29, 0.717) is 18.2 Å². The number of hydrogen-bond donors (Lipinski definition) is 1. The van der Waals surface area contributed by atoms with Crippen molar-refractivity contribution >= 4 is 21.8 Å². The van der Waals surface area contributed by atoms with Crippen molar-refractivity contribution in [2.24, 2.45) is 11.7 Å². The molecule has 1 aliphatic heterocycles. The molecule has 5 nitrogen and oxygen atoms in total. The van der Waals surface area contributed by atoms with Crippen LogP contribution in [0.5, 0.6) is 0 Å². The van der Waals surface area contributed by atoms with Crippen LogP contribution in [0, 0.1) is 5.92 Å². The van der Waals surface area contributed by atoms with Gasteiger partial charge in [-0.3, -0.25) is 4.79 Å². The lowest BCUT2D eigenvalue weighted by atomic mass is 10.1. The largest absolute Gasteiger partial charge is 0.337 e. The molecule has 0 bridgehead atoms. The van der Waals surface area contributed by atoms with Crippen molar-refractivity contribution in [2.75, 3.05) is 19.6 Å². The number of nitrogens with two attached hydrogens (primary N) is 1. The maximum absolute atomic E-state index is 13.0. The Bertz CT molecular complexity index is 785. The van der Waals surface area contributed by atoms with Crippen molar-refractivity contribution in [1.82, 2.24) is 14.7 Å². The minimum Gasteiger partial charge on any atom is -0.337 e. The van der Waals surface area contributed by atoms with Crippen LogP contribution in [-0.4, -0.2) is 40.2 Å². The zero-order chi connectivity index (χ0) is 16.7. The fourth-order valence-corrected chi connectivity index (χ4v) is 4.18. The van der Waals surface area contributed by atoms with Gasteiger partial charge in [0.1, 0.15) is 0 Å². The normalized spacial score (nSPS) is 19.8. The fraction of sp³-hybridized carbons (Fsp3) is 0.444. The van der Waals surface area contributed by atoms with E-state index in [4.69, 9.17) is 10.8 Å². The first-order chi connectivity index (χ1) is 11.7. The van der Waals surface area contributed by atoms with E-state index in [1.807, 2.05) is 33.8 Å². The first kappa shape index (κ1) is 15.8. The van der Waals surface area contributed by atoms with E-state index in [-0.39, 0.29) is 5.91 Å². The van der Waals surface area contributed by atoms with Gasteiger partial charge in [0.2, 0.25) is 0 Å². The van der Waals surface area contributed by atoms with E-state index in [1.165, 1.54) is 5.69 Å². The summed E-state index contributed by atoms with van der Waals surface area (Å²) in [7, 11) is 0. The van der Waals surface area contributed by atoms with Crippen molar-refractivity contribution in [3.8, 4) is 5.69 Å². The van der Waals surface area contributed by atoms with Crippen LogP contribution >= 0.6 is 15.9 Å². The van der Waals surface area contributed by atoms with Crippen LogP contribution in [0.25, 0.3) is 5.69 Å². The standard InChI is InChI=1S/C18H21BrN4O/c19-13-3-1-4-14(9-13)23-16-6-2-5-15(16)17(21-23)18(24)22-8-7-12(10-20)11-22/h1,3-4,9,12H,2,5-8,10-11,20H2. The Labute approximate surface area is 149 Å². The Morgan fingerprint density at radius 2 is 2.25 bits per heavy atom. The molecule has 2 N–H and O–H groups in total. The number of fused-ring (bicyclic) bond motifs is 1. The van der Waals surface area contributed by atoms with Crippen molar-refractivity contribution in [3.05, 3.63) is 45.7 Å². The minimum atomic E-state index is 0.0675. The molecule has 1 aromatic heterocycles. The van der Waals surface area contributed by atoms with Crippen LogP contribution in [0.3, 0.4) is 0 Å². The fourth-order valence-electron chi connectivity index (χ4n) is 3.79. The van der Waals surface area contributed by atoms with Gasteiger partial charge in [0, 0.05) is 28.8 Å². The molecule has 1 aromatic carbocycles. The summed E-state index contributed by atoms with van der Waals surface area (Å²) in [6.07, 6.45) is 4.01. The molecule has 1 amide bonds. The lowest BCUT2D eigenvalue weighted by Crippen LogP contribution is -2.30. The van der Waals surface area contributed by atoms with Crippen molar-refractivity contribution < 1.29 is 4.79 Å². The van der Waals surface area contributed by atoms with Crippen molar-refractivity contribution in [3.63, 3.8) is 0 Å². The average molecular weight is 389 g/mol. The van der Waals surface area contributed by atoms with Gasteiger partial charge in [-0.1, -0.05) is 22.0 Å². The van der Waals surface area contributed by atoms with Gasteiger partial charge in [-0.15, -0.1) is 0 Å². The Kier molecular flexibility index (Phi) is 4.18. The molecule has 4 rings (SSSR count). The first-order valence-electron chi connectivity index (χ1n) is 8.53. The van der Waals surface area contributed by atoms with Gasteiger partial charge in [-0.25, -0.2) is 4.68 Å². The maximum Gasteiger partial charge on any atom is 0.274 e. The highest BCUT2D eigenvalue weighted by atomic mass is 79.9. The molecule has 24 heavy (non-hydrogen) atoms. The number of aromatic nitrogens is 2. The molecule has 1 fully saturated rings. The molecule has 1 saturated heterocycles. The zero-order valence-corrected chi connectivity index (χ0v) is 15.1. The summed E-state index contributed by atoms with van der Waals surface area (Å²) in [5, 5.41) is 4.71. The summed E-state index contributed by atoms with van der Waals surface area (Å²) >= 11 is 3.52. The molecule has 2 heterocycles. The number of carbonyl (C=O) groups excluding carboxylic acids is 1. The SMILES string of the molecule is NCC1CCN(C(=O)c2nn(-c3cccc(Br)c3)c3c2CCC3)C1. The number of rotatable bonds is 3. The maximum atomic E-state index is 13.0. The summed E-state index contributed by atoms with van der Waals surface area (Å²) in [5.41, 5.74) is 9.72. The molecule has 1 aliphatic carbocycles. The van der Waals surface area contributed by atoms with Gasteiger partial charge in [0.05, 0.1) is 5.69 Å². The highest BCUT2D eigenvalue weighted by Gasteiger charge is 2.32. The summed E-state index contributed by atoms with van der Waals surface area (Å²) in [6.45, 7) is 2.20. The van der Waals surface area contributed by atoms with Crippen LogP contribution in [-0.2, 0) is 12.8 Å². The number of amides is 1. The Morgan fingerprint density at radius 1 is 1.38 bits per heavy atom. The van der Waals surface area contributed by atoms with E-state index in [0.717, 1.165) is 54.5 Å². The van der Waals surface area contributed by atoms with Crippen molar-refractivity contribution in [2.45, 2.75) is 25.7 Å². The van der Waals surface area contributed by atoms with Gasteiger partial charge in [-0.05, 0) is 56.3 Å². The quantitative estimate of drug-likeness (QED) is 0.878. The van der Waals surface area contributed by atoms with Crippen LogP contribution in [0.15, 0.2) is 28.7 Å². The molecule has 1 atom stereocenters. The van der Waals surface area contributed by atoms with Crippen molar-refractivity contribution in [1.29, 1.82) is 0 Å². The summed E-state index contributed by atoms with van der Waals surface area (Å²) in [5.74, 6) is 0.493. The number of halogens is 1. The van der Waals surface area contributed by atoms with Gasteiger partial charge >= 0.3 is 0 Å². The van der Waals surface area contributed by atoms with Crippen LogP contribution in [0.4, 0.5) is 0 Å². The number of likely N-dealkylation sites (tertiary alicyclic amines) is 1. The molecule has 2 aliphatic rings. The molecular weight excluding hydrogens is 368 g/mol. The summed E-state index contributed by atoms with van der Waals surface area (Å²) in [6, 6.07) is 8.07. The van der Waals surface area contributed by atoms with Crippen LogP contribution in [0.1, 0.15) is 34.6 Å². The Hall–Kier alpha value is -1.66. The second-order valence-corrected chi connectivity index (χ2v) is 7.58. The molecule has 6 heteroatoms. The predicted molar refractivity (Wildman–Crippen MR) is 96.4 cm³/mol. The third kappa shape index (κ3) is 2.67. The van der Waals surface area contributed by atoms with E-state index in [9.17, 15) is 4.79 Å². The molecule has 0 radical (unpaired) electrons. The smallest absolute Gasteiger partial charge is 0.274 e. The van der Waals surface area contributed by atoms with E-state index in [1.54, 1.807) is 0 Å². The lowest BCUT2D eigenvalue weighted by Gasteiger charge is -2.15. The van der Waals surface area contributed by atoms with Gasteiger partial charge in [0.15, 0.2) is 5.69 Å². The number of nitrogens with zero attached hydrogens (tertiary/aromatic N) is 3. The number of carbonyl (C=O) groups is 1. The van der Waals surface area contributed by atoms with E-state index < -0.39 is 0 Å². The molecule has 0 spiro atoms. The second-order valence-electron chi connectivity index (χ2n) is 6.66. The summed E-state index contributed by atoms with van der Waals surface area (Å²) in [4.78, 5) is 14.9. The number of benzene rings is 1. The highest BCUT2D eigenvalue weighted by Crippen LogP contribution is 2.30. The second kappa shape index (κ2) is 6.33. The number of hydrogen-bond acceptors (Lipinski definition) is 3. The molecule has 126 valence electrons. The van der Waals surface area contributed by atoms with Gasteiger partial charge in [-0.2, -0.15) is 5.10 Å². The summed E-state index contributed by atoms with van der Waals surface area (Å²) < 4.78 is 2.97.